The van der Waals surface area contributed by atoms with Gasteiger partial charge in [-0.3, -0.25) is 9.59 Å². The van der Waals surface area contributed by atoms with Crippen LogP contribution in [0, 0.1) is 0 Å². The summed E-state index contributed by atoms with van der Waals surface area (Å²) in [7, 11) is 0. The summed E-state index contributed by atoms with van der Waals surface area (Å²) in [6.07, 6.45) is 5.95. The summed E-state index contributed by atoms with van der Waals surface area (Å²) in [5.74, 6) is -0.948. The van der Waals surface area contributed by atoms with Gasteiger partial charge < -0.3 is 10.4 Å². The number of carbonyl (C=O) groups excluding carboxylic acids is 1. The summed E-state index contributed by atoms with van der Waals surface area (Å²) in [6.45, 7) is -0.255. The molecule has 1 aromatic heterocycles. The molecule has 8 heteroatoms. The van der Waals surface area contributed by atoms with Crippen molar-refractivity contribution < 1.29 is 14.7 Å². The van der Waals surface area contributed by atoms with E-state index in [4.69, 9.17) is 5.11 Å². The van der Waals surface area contributed by atoms with Crippen molar-refractivity contribution in [2.24, 2.45) is 0 Å². The van der Waals surface area contributed by atoms with Crippen molar-refractivity contribution in [1.82, 2.24) is 15.1 Å². The molecular formula is C15H21N3O4S. The molecule has 23 heavy (non-hydrogen) atoms. The molecule has 1 aromatic rings. The Hall–Kier alpha value is -1.83. The van der Waals surface area contributed by atoms with Gasteiger partial charge in [0.15, 0.2) is 0 Å². The smallest absolute Gasteiger partial charge is 0.326 e. The zero-order valence-electron chi connectivity index (χ0n) is 13.1. The number of amides is 1. The van der Waals surface area contributed by atoms with Gasteiger partial charge in [0.2, 0.25) is 5.91 Å². The summed E-state index contributed by atoms with van der Waals surface area (Å²) in [4.78, 5) is 35.2. The van der Waals surface area contributed by atoms with Crippen LogP contribution in [0.25, 0.3) is 0 Å². The minimum atomic E-state index is -1.07. The van der Waals surface area contributed by atoms with Crippen LogP contribution in [-0.2, 0) is 29.0 Å². The van der Waals surface area contributed by atoms with Crippen molar-refractivity contribution in [3.8, 4) is 0 Å². The molecule has 0 fully saturated rings. The summed E-state index contributed by atoms with van der Waals surface area (Å²) in [6, 6.07) is 0.597. The predicted octanol–water partition coefficient (Wildman–Crippen LogP) is 0.445. The lowest BCUT2D eigenvalue weighted by atomic mass is 9.97. The number of nitrogens with one attached hydrogen (secondary N) is 1. The molecular weight excluding hydrogens is 318 g/mol. The highest BCUT2D eigenvalue weighted by molar-refractivity contribution is 7.98. The van der Waals surface area contributed by atoms with Crippen molar-refractivity contribution >= 4 is 23.6 Å². The Balaban J connectivity index is 2.04. The van der Waals surface area contributed by atoms with Crippen LogP contribution >= 0.6 is 11.8 Å². The fourth-order valence-corrected chi connectivity index (χ4v) is 3.05. The van der Waals surface area contributed by atoms with Crippen molar-refractivity contribution in [2.45, 2.75) is 44.7 Å². The Bertz CT molecular complexity index is 644. The highest BCUT2D eigenvalue weighted by Gasteiger charge is 2.20. The van der Waals surface area contributed by atoms with E-state index in [1.807, 2.05) is 6.26 Å². The first-order chi connectivity index (χ1) is 11.0. The second kappa shape index (κ2) is 8.14. The molecule has 0 saturated heterocycles. The van der Waals surface area contributed by atoms with Gasteiger partial charge in [-0.1, -0.05) is 0 Å². The average Bonchev–Trinajstić information content (AvgIpc) is 2.51. The lowest BCUT2D eigenvalue weighted by Crippen LogP contribution is -2.44. The number of fused-ring (bicyclic) bond motifs is 1. The highest BCUT2D eigenvalue weighted by atomic mass is 32.2. The summed E-state index contributed by atoms with van der Waals surface area (Å²) in [5.41, 5.74) is 1.50. The molecule has 1 heterocycles. The Morgan fingerprint density at radius 3 is 2.87 bits per heavy atom. The number of carbonyl (C=O) groups is 2. The topological polar surface area (TPSA) is 101 Å². The van der Waals surface area contributed by atoms with Gasteiger partial charge in [-0.25, -0.2) is 9.48 Å². The van der Waals surface area contributed by atoms with Gasteiger partial charge in [0.25, 0.3) is 5.56 Å². The van der Waals surface area contributed by atoms with Gasteiger partial charge >= 0.3 is 5.97 Å². The molecule has 0 bridgehead atoms. The molecule has 1 atom stereocenters. The molecule has 2 N–H and O–H groups in total. The van der Waals surface area contributed by atoms with Crippen LogP contribution in [0.1, 0.15) is 30.5 Å². The molecule has 0 aromatic carbocycles. The largest absolute Gasteiger partial charge is 0.480 e. The monoisotopic (exact) mass is 339 g/mol. The third-order valence-electron chi connectivity index (χ3n) is 3.81. The minimum Gasteiger partial charge on any atom is -0.480 e. The summed E-state index contributed by atoms with van der Waals surface area (Å²) < 4.78 is 1.12. The lowest BCUT2D eigenvalue weighted by Gasteiger charge is -2.17. The zero-order valence-corrected chi connectivity index (χ0v) is 13.9. The molecule has 126 valence electrons. The van der Waals surface area contributed by atoms with Crippen LogP contribution in [0.15, 0.2) is 10.9 Å². The van der Waals surface area contributed by atoms with Crippen molar-refractivity contribution in [3.63, 3.8) is 0 Å². The number of carboxylic acid groups (broad SMARTS) is 1. The standard InChI is InChI=1S/C15H21N3O4S/c1-23-7-6-12(15(21)22)16-13(19)9-18-14(20)8-10-4-2-3-5-11(10)17-18/h8,12H,2-7,9H2,1H3,(H,16,19)(H,21,22). The van der Waals surface area contributed by atoms with Crippen LogP contribution < -0.4 is 10.9 Å². The number of rotatable bonds is 7. The Labute approximate surface area is 138 Å². The van der Waals surface area contributed by atoms with Crippen molar-refractivity contribution in [2.75, 3.05) is 12.0 Å². The van der Waals surface area contributed by atoms with Gasteiger partial charge in [-0.15, -0.1) is 0 Å². The van der Waals surface area contributed by atoms with Gasteiger partial charge in [0.1, 0.15) is 12.6 Å². The molecule has 2 rings (SSSR count). The van der Waals surface area contributed by atoms with E-state index in [1.165, 1.54) is 17.8 Å². The first kappa shape index (κ1) is 17.5. The summed E-state index contributed by atoms with van der Waals surface area (Å²) >= 11 is 1.51. The number of hydrogen-bond donors (Lipinski definition) is 2. The van der Waals surface area contributed by atoms with E-state index in [0.717, 1.165) is 41.6 Å². The minimum absolute atomic E-state index is 0.255. The van der Waals surface area contributed by atoms with Gasteiger partial charge in [-0.05, 0) is 49.7 Å². The van der Waals surface area contributed by atoms with Crippen molar-refractivity contribution in [1.29, 1.82) is 0 Å². The third-order valence-corrected chi connectivity index (χ3v) is 4.46. The first-order valence-electron chi connectivity index (χ1n) is 7.62. The summed E-state index contributed by atoms with van der Waals surface area (Å²) in [5, 5.41) is 15.8. The second-order valence-electron chi connectivity index (χ2n) is 5.56. The van der Waals surface area contributed by atoms with E-state index >= 15 is 0 Å². The SMILES string of the molecule is CSCCC(NC(=O)Cn1nc2c(cc1=O)CCCC2)C(=O)O. The first-order valence-corrected chi connectivity index (χ1v) is 9.01. The fourth-order valence-electron chi connectivity index (χ4n) is 2.58. The van der Waals surface area contributed by atoms with Crippen LogP contribution in [0.4, 0.5) is 0 Å². The normalized spacial score (nSPS) is 14.8. The highest BCUT2D eigenvalue weighted by Crippen LogP contribution is 2.16. The quantitative estimate of drug-likeness (QED) is 0.748. The molecule has 0 spiro atoms. The second-order valence-corrected chi connectivity index (χ2v) is 6.54. The van der Waals surface area contributed by atoms with Crippen molar-refractivity contribution in [3.05, 3.63) is 27.7 Å². The van der Waals surface area contributed by atoms with Crippen LogP contribution in [0.2, 0.25) is 0 Å². The maximum Gasteiger partial charge on any atom is 0.326 e. The Kier molecular flexibility index (Phi) is 6.20. The van der Waals surface area contributed by atoms with Crippen LogP contribution in [0.5, 0.6) is 0 Å². The average molecular weight is 339 g/mol. The van der Waals surface area contributed by atoms with E-state index in [2.05, 4.69) is 10.4 Å². The molecule has 7 nitrogen and oxygen atoms in total. The van der Waals surface area contributed by atoms with E-state index in [-0.39, 0.29) is 12.1 Å². The molecule has 1 aliphatic carbocycles. The number of carboxylic acids is 1. The van der Waals surface area contributed by atoms with Gasteiger partial charge in [0.05, 0.1) is 5.69 Å². The fraction of sp³-hybridized carbons (Fsp3) is 0.600. The molecule has 0 radical (unpaired) electrons. The van der Waals surface area contributed by atoms with E-state index in [0.29, 0.717) is 12.2 Å². The molecule has 0 saturated carbocycles. The van der Waals surface area contributed by atoms with Gasteiger partial charge in [-0.2, -0.15) is 16.9 Å². The Morgan fingerprint density at radius 2 is 2.17 bits per heavy atom. The molecule has 1 amide bonds. The van der Waals surface area contributed by atoms with E-state index in [9.17, 15) is 14.4 Å². The number of thioether (sulfide) groups is 1. The number of aryl methyl sites for hydroxylation is 2. The number of hydrogen-bond acceptors (Lipinski definition) is 5. The lowest BCUT2D eigenvalue weighted by molar-refractivity contribution is -0.142. The molecule has 1 aliphatic rings. The maximum absolute atomic E-state index is 12.0. The zero-order chi connectivity index (χ0) is 16.8. The number of aliphatic carboxylic acids is 1. The van der Waals surface area contributed by atoms with Crippen LogP contribution in [-0.4, -0.2) is 44.8 Å². The van der Waals surface area contributed by atoms with E-state index in [1.54, 1.807) is 0 Å². The maximum atomic E-state index is 12.0. The van der Waals surface area contributed by atoms with Gasteiger partial charge in [0, 0.05) is 6.07 Å². The molecule has 1 unspecified atom stereocenters. The van der Waals surface area contributed by atoms with Crippen LogP contribution in [0.3, 0.4) is 0 Å². The van der Waals surface area contributed by atoms with E-state index < -0.39 is 17.9 Å². The molecule has 0 aliphatic heterocycles. The number of aromatic nitrogens is 2. The Morgan fingerprint density at radius 1 is 1.43 bits per heavy atom. The third kappa shape index (κ3) is 4.82. The number of nitrogens with zero attached hydrogens (tertiary/aromatic N) is 2. The predicted molar refractivity (Wildman–Crippen MR) is 87.7 cm³/mol.